The summed E-state index contributed by atoms with van der Waals surface area (Å²) in [5.74, 6) is 2.39. The van der Waals surface area contributed by atoms with Crippen molar-refractivity contribution in [2.45, 2.75) is 51.0 Å². The fourth-order valence-corrected chi connectivity index (χ4v) is 4.50. The van der Waals surface area contributed by atoms with E-state index in [1.165, 1.54) is 44.3 Å². The predicted molar refractivity (Wildman–Crippen MR) is 76.1 cm³/mol. The Labute approximate surface area is 114 Å². The van der Waals surface area contributed by atoms with E-state index in [9.17, 15) is 9.90 Å². The van der Waals surface area contributed by atoms with Gasteiger partial charge in [0.25, 0.3) is 0 Å². The van der Waals surface area contributed by atoms with E-state index in [1.54, 1.807) is 0 Å². The second-order valence-electron chi connectivity index (χ2n) is 5.59. The number of carbonyl (C=O) groups is 1. The van der Waals surface area contributed by atoms with Crippen LogP contribution in [0.15, 0.2) is 0 Å². The minimum Gasteiger partial charge on any atom is -0.481 e. The summed E-state index contributed by atoms with van der Waals surface area (Å²) < 4.78 is 0. The molecular formula is C14H25NO2S. The topological polar surface area (TPSA) is 40.5 Å². The van der Waals surface area contributed by atoms with Gasteiger partial charge in [-0.15, -0.1) is 0 Å². The Hall–Kier alpha value is -0.220. The smallest absolute Gasteiger partial charge is 0.304 e. The zero-order valence-corrected chi connectivity index (χ0v) is 12.0. The molecular weight excluding hydrogens is 246 g/mol. The van der Waals surface area contributed by atoms with Crippen LogP contribution in [0.1, 0.15) is 44.9 Å². The average Bonchev–Trinajstić information content (AvgIpc) is 2.65. The van der Waals surface area contributed by atoms with Gasteiger partial charge < -0.3 is 5.11 Å². The van der Waals surface area contributed by atoms with Gasteiger partial charge in [-0.05, 0) is 56.2 Å². The van der Waals surface area contributed by atoms with Crippen molar-refractivity contribution in [1.82, 2.24) is 4.90 Å². The number of hydrogen-bond donors (Lipinski definition) is 1. The first-order valence-corrected chi connectivity index (χ1v) is 8.46. The standard InChI is InChI=1S/C14H25NO2S/c16-14(17)10-13(12-6-5-9-18-11-12)15-7-3-1-2-4-8-15/h12-13H,1-11H2,(H,16,17). The van der Waals surface area contributed by atoms with E-state index in [-0.39, 0.29) is 6.04 Å². The van der Waals surface area contributed by atoms with Crippen molar-refractivity contribution in [2.75, 3.05) is 24.6 Å². The molecule has 2 aliphatic heterocycles. The summed E-state index contributed by atoms with van der Waals surface area (Å²) in [5, 5.41) is 9.18. The molecule has 4 heteroatoms. The Bertz CT molecular complexity index is 259. The van der Waals surface area contributed by atoms with Crippen molar-refractivity contribution in [3.05, 3.63) is 0 Å². The van der Waals surface area contributed by atoms with E-state index in [1.807, 2.05) is 11.8 Å². The molecule has 2 unspecified atom stereocenters. The third-order valence-electron chi connectivity index (χ3n) is 4.23. The van der Waals surface area contributed by atoms with Crippen molar-refractivity contribution < 1.29 is 9.90 Å². The number of aliphatic carboxylic acids is 1. The molecule has 0 bridgehead atoms. The predicted octanol–water partition coefficient (Wildman–Crippen LogP) is 2.85. The van der Waals surface area contributed by atoms with Crippen LogP contribution in [0.3, 0.4) is 0 Å². The van der Waals surface area contributed by atoms with Gasteiger partial charge >= 0.3 is 5.97 Å². The fraction of sp³-hybridized carbons (Fsp3) is 0.929. The molecule has 0 spiro atoms. The first kappa shape index (κ1) is 14.2. The van der Waals surface area contributed by atoms with Crippen LogP contribution in [0.4, 0.5) is 0 Å². The van der Waals surface area contributed by atoms with Crippen LogP contribution in [0, 0.1) is 5.92 Å². The van der Waals surface area contributed by atoms with E-state index < -0.39 is 5.97 Å². The van der Waals surface area contributed by atoms with E-state index in [4.69, 9.17) is 0 Å². The SMILES string of the molecule is O=C(O)CC(C1CCCSC1)N1CCCCCC1. The maximum atomic E-state index is 11.1. The first-order chi connectivity index (χ1) is 8.77. The number of likely N-dealkylation sites (tertiary alicyclic amines) is 1. The Kier molecular flexibility index (Phi) is 5.83. The van der Waals surface area contributed by atoms with Gasteiger partial charge in [0.05, 0.1) is 6.42 Å². The highest BCUT2D eigenvalue weighted by Gasteiger charge is 2.30. The van der Waals surface area contributed by atoms with Crippen molar-refractivity contribution in [3.63, 3.8) is 0 Å². The molecule has 2 saturated heterocycles. The van der Waals surface area contributed by atoms with Crippen LogP contribution in [0.25, 0.3) is 0 Å². The van der Waals surface area contributed by atoms with E-state index >= 15 is 0 Å². The summed E-state index contributed by atoms with van der Waals surface area (Å²) in [6.07, 6.45) is 7.95. The number of carboxylic acids is 1. The lowest BCUT2D eigenvalue weighted by Gasteiger charge is -2.37. The van der Waals surface area contributed by atoms with E-state index in [2.05, 4.69) is 4.90 Å². The molecule has 104 valence electrons. The summed E-state index contributed by atoms with van der Waals surface area (Å²) in [4.78, 5) is 13.6. The van der Waals surface area contributed by atoms with E-state index in [0.717, 1.165) is 18.8 Å². The van der Waals surface area contributed by atoms with Gasteiger partial charge in [-0.2, -0.15) is 11.8 Å². The zero-order chi connectivity index (χ0) is 12.8. The Balaban J connectivity index is 1.99. The van der Waals surface area contributed by atoms with Crippen molar-refractivity contribution >= 4 is 17.7 Å². The molecule has 3 nitrogen and oxygen atoms in total. The number of carboxylic acid groups (broad SMARTS) is 1. The van der Waals surface area contributed by atoms with Crippen molar-refractivity contribution in [1.29, 1.82) is 0 Å². The zero-order valence-electron chi connectivity index (χ0n) is 11.1. The maximum absolute atomic E-state index is 11.1. The molecule has 1 N–H and O–H groups in total. The van der Waals surface area contributed by atoms with Gasteiger partial charge in [-0.1, -0.05) is 12.8 Å². The van der Waals surface area contributed by atoms with Gasteiger partial charge in [0.2, 0.25) is 0 Å². The van der Waals surface area contributed by atoms with Gasteiger partial charge in [0, 0.05) is 6.04 Å². The summed E-state index contributed by atoms with van der Waals surface area (Å²) in [6.45, 7) is 2.22. The molecule has 0 aliphatic carbocycles. The van der Waals surface area contributed by atoms with Crippen LogP contribution < -0.4 is 0 Å². The highest BCUT2D eigenvalue weighted by atomic mass is 32.2. The van der Waals surface area contributed by atoms with Crippen molar-refractivity contribution in [3.8, 4) is 0 Å². The molecule has 2 fully saturated rings. The Morgan fingerprint density at radius 1 is 1.22 bits per heavy atom. The number of thioether (sulfide) groups is 1. The molecule has 0 aromatic heterocycles. The van der Waals surface area contributed by atoms with Gasteiger partial charge in [0.15, 0.2) is 0 Å². The van der Waals surface area contributed by atoms with Crippen LogP contribution in [-0.2, 0) is 4.79 Å². The fourth-order valence-electron chi connectivity index (χ4n) is 3.27. The minimum atomic E-state index is -0.625. The summed E-state index contributed by atoms with van der Waals surface area (Å²) >= 11 is 2.01. The van der Waals surface area contributed by atoms with Crippen molar-refractivity contribution in [2.24, 2.45) is 5.92 Å². The lowest BCUT2D eigenvalue weighted by atomic mass is 9.92. The average molecular weight is 271 g/mol. The van der Waals surface area contributed by atoms with Crippen LogP contribution in [0.2, 0.25) is 0 Å². The molecule has 2 heterocycles. The summed E-state index contributed by atoms with van der Waals surface area (Å²) in [6, 6.07) is 0.286. The highest BCUT2D eigenvalue weighted by Crippen LogP contribution is 2.30. The molecule has 2 atom stereocenters. The maximum Gasteiger partial charge on any atom is 0.304 e. The monoisotopic (exact) mass is 271 g/mol. The second kappa shape index (κ2) is 7.39. The molecule has 0 radical (unpaired) electrons. The second-order valence-corrected chi connectivity index (χ2v) is 6.74. The third-order valence-corrected chi connectivity index (χ3v) is 5.47. The normalized spacial score (nSPS) is 28.6. The number of hydrogen-bond acceptors (Lipinski definition) is 3. The molecule has 18 heavy (non-hydrogen) atoms. The van der Waals surface area contributed by atoms with Crippen LogP contribution in [-0.4, -0.2) is 46.6 Å². The molecule has 0 aromatic carbocycles. The van der Waals surface area contributed by atoms with Gasteiger partial charge in [-0.3, -0.25) is 9.69 Å². The minimum absolute atomic E-state index is 0.286. The van der Waals surface area contributed by atoms with Gasteiger partial charge in [-0.25, -0.2) is 0 Å². The lowest BCUT2D eigenvalue weighted by Crippen LogP contribution is -2.44. The quantitative estimate of drug-likeness (QED) is 0.853. The molecule has 2 aliphatic rings. The first-order valence-electron chi connectivity index (χ1n) is 7.31. The number of nitrogens with zero attached hydrogens (tertiary/aromatic N) is 1. The lowest BCUT2D eigenvalue weighted by molar-refractivity contribution is -0.139. The molecule has 2 rings (SSSR count). The summed E-state index contributed by atoms with van der Waals surface area (Å²) in [5.41, 5.74) is 0. The third kappa shape index (κ3) is 4.16. The number of rotatable bonds is 4. The molecule has 0 saturated carbocycles. The molecule has 0 amide bonds. The van der Waals surface area contributed by atoms with E-state index in [0.29, 0.717) is 12.3 Å². The Morgan fingerprint density at radius 2 is 1.94 bits per heavy atom. The van der Waals surface area contributed by atoms with Crippen LogP contribution >= 0.6 is 11.8 Å². The summed E-state index contributed by atoms with van der Waals surface area (Å²) in [7, 11) is 0. The molecule has 0 aromatic rings. The Morgan fingerprint density at radius 3 is 2.50 bits per heavy atom. The largest absolute Gasteiger partial charge is 0.481 e. The highest BCUT2D eigenvalue weighted by molar-refractivity contribution is 7.99. The van der Waals surface area contributed by atoms with Crippen LogP contribution in [0.5, 0.6) is 0 Å². The van der Waals surface area contributed by atoms with Gasteiger partial charge in [0.1, 0.15) is 0 Å².